The smallest absolute Gasteiger partial charge is 0.270 e. The summed E-state index contributed by atoms with van der Waals surface area (Å²) >= 11 is 0. The van der Waals surface area contributed by atoms with Gasteiger partial charge in [0.2, 0.25) is 0 Å². The summed E-state index contributed by atoms with van der Waals surface area (Å²) in [6, 6.07) is 4.56. The van der Waals surface area contributed by atoms with Gasteiger partial charge in [-0.25, -0.2) is 0 Å². The second kappa shape index (κ2) is 5.73. The Morgan fingerprint density at radius 1 is 1.40 bits per heavy atom. The van der Waals surface area contributed by atoms with Gasteiger partial charge in [-0.3, -0.25) is 9.59 Å². The molecule has 0 aromatic carbocycles. The Morgan fingerprint density at radius 2 is 2.15 bits per heavy atom. The third-order valence-corrected chi connectivity index (χ3v) is 2.92. The van der Waals surface area contributed by atoms with Gasteiger partial charge in [0.1, 0.15) is 5.69 Å². The van der Waals surface area contributed by atoms with Crippen molar-refractivity contribution >= 4 is 5.91 Å². The first-order chi connectivity index (χ1) is 9.49. The van der Waals surface area contributed by atoms with E-state index in [4.69, 9.17) is 4.52 Å². The van der Waals surface area contributed by atoms with Crippen molar-refractivity contribution in [3.8, 4) is 0 Å². The van der Waals surface area contributed by atoms with Crippen LogP contribution in [0.4, 0.5) is 0 Å². The van der Waals surface area contributed by atoms with E-state index in [2.05, 4.69) is 10.1 Å². The minimum Gasteiger partial charge on any atom is -0.359 e. The van der Waals surface area contributed by atoms with E-state index in [9.17, 15) is 9.59 Å². The number of amides is 1. The normalized spacial score (nSPS) is 10.6. The van der Waals surface area contributed by atoms with Crippen LogP contribution in [0.5, 0.6) is 0 Å². The largest absolute Gasteiger partial charge is 0.359 e. The number of aromatic amines is 1. The molecule has 0 saturated carbocycles. The molecule has 2 rings (SSSR count). The van der Waals surface area contributed by atoms with Crippen molar-refractivity contribution in [2.45, 2.75) is 26.8 Å². The number of aryl methyl sites for hydroxylation is 2. The van der Waals surface area contributed by atoms with E-state index in [0.717, 1.165) is 12.1 Å². The first kappa shape index (κ1) is 14.0. The minimum absolute atomic E-state index is 0.189. The minimum atomic E-state index is -0.264. The number of rotatable bonds is 4. The lowest BCUT2D eigenvalue weighted by Gasteiger charge is -2.15. The molecule has 1 amide bonds. The Kier molecular flexibility index (Phi) is 4.02. The van der Waals surface area contributed by atoms with E-state index in [1.165, 1.54) is 17.0 Å². The summed E-state index contributed by atoms with van der Waals surface area (Å²) in [5.41, 5.74) is 1.59. The molecule has 0 aliphatic rings. The lowest BCUT2D eigenvalue weighted by atomic mass is 10.2. The summed E-state index contributed by atoms with van der Waals surface area (Å²) in [4.78, 5) is 28.0. The van der Waals surface area contributed by atoms with E-state index >= 15 is 0 Å². The highest BCUT2D eigenvalue weighted by molar-refractivity contribution is 5.92. The highest BCUT2D eigenvalue weighted by Crippen LogP contribution is 2.09. The molecule has 0 aliphatic carbocycles. The number of carbonyl (C=O) groups excluding carboxylic acids is 1. The SMILES string of the molecule is CCc1cc(CN(C)C(=O)c2cc(=O)cc(C)[nH]2)on1. The molecule has 2 heterocycles. The molecule has 1 N–H and O–H groups in total. The summed E-state index contributed by atoms with van der Waals surface area (Å²) < 4.78 is 5.14. The van der Waals surface area contributed by atoms with Crippen molar-refractivity contribution in [3.63, 3.8) is 0 Å². The number of hydrogen-bond donors (Lipinski definition) is 1. The zero-order chi connectivity index (χ0) is 14.7. The van der Waals surface area contributed by atoms with Gasteiger partial charge in [0.05, 0.1) is 12.2 Å². The van der Waals surface area contributed by atoms with Crippen molar-refractivity contribution in [1.29, 1.82) is 0 Å². The topological polar surface area (TPSA) is 79.2 Å². The van der Waals surface area contributed by atoms with Crippen LogP contribution in [-0.2, 0) is 13.0 Å². The molecule has 0 saturated heterocycles. The Hall–Kier alpha value is -2.37. The molecule has 6 nitrogen and oxygen atoms in total. The van der Waals surface area contributed by atoms with Crippen LogP contribution in [0.2, 0.25) is 0 Å². The summed E-state index contributed by atoms with van der Waals surface area (Å²) in [5, 5.41) is 3.88. The fourth-order valence-electron chi connectivity index (χ4n) is 1.91. The molecule has 0 unspecified atom stereocenters. The number of hydrogen-bond acceptors (Lipinski definition) is 4. The van der Waals surface area contributed by atoms with Gasteiger partial charge in [-0.05, 0) is 13.3 Å². The standard InChI is InChI=1S/C14H17N3O3/c1-4-10-6-12(20-16-10)8-17(3)14(19)13-7-11(18)5-9(2)15-13/h5-7H,4,8H2,1-3H3,(H,15,18). The van der Waals surface area contributed by atoms with Crippen LogP contribution in [0.3, 0.4) is 0 Å². The average molecular weight is 275 g/mol. The number of pyridine rings is 1. The fourth-order valence-corrected chi connectivity index (χ4v) is 1.91. The Balaban J connectivity index is 2.13. The summed E-state index contributed by atoms with van der Waals surface area (Å²) in [6.07, 6.45) is 0.784. The van der Waals surface area contributed by atoms with Gasteiger partial charge in [-0.1, -0.05) is 12.1 Å². The van der Waals surface area contributed by atoms with Crippen LogP contribution >= 0.6 is 0 Å². The molecule has 0 fully saturated rings. The Morgan fingerprint density at radius 3 is 2.75 bits per heavy atom. The van der Waals surface area contributed by atoms with Gasteiger partial charge < -0.3 is 14.4 Å². The fraction of sp³-hybridized carbons (Fsp3) is 0.357. The van der Waals surface area contributed by atoms with Crippen molar-refractivity contribution in [3.05, 3.63) is 51.3 Å². The first-order valence-electron chi connectivity index (χ1n) is 6.40. The number of nitrogens with zero attached hydrogens (tertiary/aromatic N) is 2. The van der Waals surface area contributed by atoms with Crippen molar-refractivity contribution in [1.82, 2.24) is 15.0 Å². The van der Waals surface area contributed by atoms with Crippen LogP contribution in [-0.4, -0.2) is 28.0 Å². The Bertz CT molecular complexity index is 672. The van der Waals surface area contributed by atoms with Gasteiger partial charge in [-0.15, -0.1) is 0 Å². The maximum atomic E-state index is 12.2. The third kappa shape index (κ3) is 3.14. The summed E-state index contributed by atoms with van der Waals surface area (Å²) in [6.45, 7) is 4.03. The van der Waals surface area contributed by atoms with E-state index in [-0.39, 0.29) is 17.0 Å². The second-order valence-corrected chi connectivity index (χ2v) is 4.71. The van der Waals surface area contributed by atoms with Gasteiger partial charge in [0.15, 0.2) is 11.2 Å². The molecule has 0 radical (unpaired) electrons. The third-order valence-electron chi connectivity index (χ3n) is 2.92. The van der Waals surface area contributed by atoms with Crippen molar-refractivity contribution in [2.75, 3.05) is 7.05 Å². The van der Waals surface area contributed by atoms with Gasteiger partial charge in [-0.2, -0.15) is 0 Å². The van der Waals surface area contributed by atoms with E-state index < -0.39 is 0 Å². The van der Waals surface area contributed by atoms with E-state index in [1.807, 2.05) is 13.0 Å². The van der Waals surface area contributed by atoms with Crippen LogP contribution in [0, 0.1) is 6.92 Å². The maximum absolute atomic E-state index is 12.2. The van der Waals surface area contributed by atoms with Gasteiger partial charge >= 0.3 is 0 Å². The number of nitrogens with one attached hydrogen (secondary N) is 1. The predicted molar refractivity (Wildman–Crippen MR) is 73.5 cm³/mol. The van der Waals surface area contributed by atoms with Crippen molar-refractivity contribution < 1.29 is 9.32 Å². The van der Waals surface area contributed by atoms with Crippen LogP contribution in [0.25, 0.3) is 0 Å². The van der Waals surface area contributed by atoms with Gasteiger partial charge in [0.25, 0.3) is 5.91 Å². The molecule has 6 heteroatoms. The van der Waals surface area contributed by atoms with Crippen LogP contribution in [0.1, 0.15) is 34.6 Å². The predicted octanol–water partition coefficient (Wildman–Crippen LogP) is 1.51. The lowest BCUT2D eigenvalue weighted by molar-refractivity contribution is 0.0766. The molecule has 0 bridgehead atoms. The highest BCUT2D eigenvalue weighted by Gasteiger charge is 2.15. The zero-order valence-electron chi connectivity index (χ0n) is 11.8. The number of aromatic nitrogens is 2. The molecular weight excluding hydrogens is 258 g/mol. The molecule has 106 valence electrons. The summed E-state index contributed by atoms with van der Waals surface area (Å²) in [5.74, 6) is 0.355. The van der Waals surface area contributed by atoms with Gasteiger partial charge in [0, 0.05) is 30.9 Å². The molecule has 2 aromatic rings. The van der Waals surface area contributed by atoms with Crippen LogP contribution < -0.4 is 5.43 Å². The monoisotopic (exact) mass is 275 g/mol. The quantitative estimate of drug-likeness (QED) is 0.917. The first-order valence-corrected chi connectivity index (χ1v) is 6.40. The number of carbonyl (C=O) groups is 1. The van der Waals surface area contributed by atoms with E-state index in [1.54, 1.807) is 14.0 Å². The molecule has 20 heavy (non-hydrogen) atoms. The average Bonchev–Trinajstić information content (AvgIpc) is 2.84. The molecule has 2 aromatic heterocycles. The van der Waals surface area contributed by atoms with Crippen molar-refractivity contribution in [2.24, 2.45) is 0 Å². The maximum Gasteiger partial charge on any atom is 0.270 e. The summed E-state index contributed by atoms with van der Waals surface area (Å²) in [7, 11) is 1.65. The molecule has 0 spiro atoms. The highest BCUT2D eigenvalue weighted by atomic mass is 16.5. The second-order valence-electron chi connectivity index (χ2n) is 4.71. The lowest BCUT2D eigenvalue weighted by Crippen LogP contribution is -2.28. The van der Waals surface area contributed by atoms with Crippen LogP contribution in [0.15, 0.2) is 27.5 Å². The number of H-pyrrole nitrogens is 1. The Labute approximate surface area is 116 Å². The zero-order valence-corrected chi connectivity index (χ0v) is 11.8. The molecule has 0 aliphatic heterocycles. The molecule has 0 atom stereocenters. The van der Waals surface area contributed by atoms with E-state index in [0.29, 0.717) is 18.0 Å². The molecular formula is C14H17N3O3.